The number of ether oxygens (including phenoxy) is 1. The molecule has 3 N–H and O–H groups in total. The second-order valence-electron chi connectivity index (χ2n) is 3.80. The van der Waals surface area contributed by atoms with Gasteiger partial charge in [0, 0.05) is 17.1 Å². The Bertz CT molecular complexity index is 577. The van der Waals surface area contributed by atoms with E-state index in [4.69, 9.17) is 10.5 Å². The Balaban J connectivity index is 2.55. The second kappa shape index (κ2) is 4.97. The monoisotopic (exact) mass is 233 g/mol. The number of benzene rings is 1. The molecular weight excluding hydrogens is 218 g/mol. The molecule has 1 aromatic carbocycles. The van der Waals surface area contributed by atoms with Gasteiger partial charge in [0.1, 0.15) is 5.75 Å². The van der Waals surface area contributed by atoms with Gasteiger partial charge in [-0.2, -0.15) is 4.98 Å². The van der Waals surface area contributed by atoms with Crippen molar-refractivity contribution in [1.82, 2.24) is 9.97 Å². The van der Waals surface area contributed by atoms with E-state index in [-0.39, 0.29) is 5.69 Å². The summed E-state index contributed by atoms with van der Waals surface area (Å²) >= 11 is 0. The Labute approximate surface area is 98.6 Å². The van der Waals surface area contributed by atoms with Gasteiger partial charge in [0.15, 0.2) is 0 Å². The van der Waals surface area contributed by atoms with Gasteiger partial charge in [0.25, 0.3) is 0 Å². The number of hydrogen-bond acceptors (Lipinski definition) is 4. The molecule has 2 aromatic rings. The molecule has 0 aliphatic rings. The topological polar surface area (TPSA) is 81.0 Å². The summed E-state index contributed by atoms with van der Waals surface area (Å²) in [7, 11) is 1.59. The summed E-state index contributed by atoms with van der Waals surface area (Å²) in [4.78, 5) is 18.1. The lowest BCUT2D eigenvalue weighted by Crippen LogP contribution is -2.14. The Morgan fingerprint density at radius 2 is 2.29 bits per heavy atom. The second-order valence-corrected chi connectivity index (χ2v) is 3.80. The van der Waals surface area contributed by atoms with E-state index in [9.17, 15) is 4.79 Å². The van der Waals surface area contributed by atoms with Crippen LogP contribution in [-0.2, 0) is 6.42 Å². The Kier molecular flexibility index (Phi) is 3.39. The van der Waals surface area contributed by atoms with Crippen LogP contribution in [0.25, 0.3) is 10.9 Å². The number of nitrogens with two attached hydrogens (primary N) is 1. The smallest absolute Gasteiger partial charge is 0.345 e. The first-order chi connectivity index (χ1) is 8.24. The van der Waals surface area contributed by atoms with Gasteiger partial charge in [-0.1, -0.05) is 0 Å². The number of nitrogens with zero attached hydrogens (tertiary/aromatic N) is 1. The predicted octanol–water partition coefficient (Wildman–Crippen LogP) is 0.823. The number of methoxy groups -OCH3 is 1. The van der Waals surface area contributed by atoms with Crippen molar-refractivity contribution in [2.45, 2.75) is 12.8 Å². The van der Waals surface area contributed by atoms with Crippen molar-refractivity contribution in [3.05, 3.63) is 34.4 Å². The molecule has 0 aliphatic carbocycles. The molecule has 0 fully saturated rings. The van der Waals surface area contributed by atoms with Crippen LogP contribution < -0.4 is 16.2 Å². The largest absolute Gasteiger partial charge is 0.497 e. The van der Waals surface area contributed by atoms with Crippen LogP contribution in [0.15, 0.2) is 23.0 Å². The highest BCUT2D eigenvalue weighted by Gasteiger charge is 2.05. The molecule has 0 unspecified atom stereocenters. The van der Waals surface area contributed by atoms with Crippen molar-refractivity contribution in [2.24, 2.45) is 5.73 Å². The van der Waals surface area contributed by atoms with Crippen molar-refractivity contribution in [1.29, 1.82) is 0 Å². The molecule has 17 heavy (non-hydrogen) atoms. The van der Waals surface area contributed by atoms with Crippen molar-refractivity contribution in [3.8, 4) is 5.75 Å². The minimum absolute atomic E-state index is 0.335. The van der Waals surface area contributed by atoms with E-state index in [1.807, 2.05) is 12.1 Å². The zero-order valence-electron chi connectivity index (χ0n) is 9.69. The number of rotatable bonds is 4. The average Bonchev–Trinajstić information content (AvgIpc) is 2.34. The number of H-pyrrole nitrogens is 1. The minimum atomic E-state index is -0.335. The van der Waals surface area contributed by atoms with Crippen molar-refractivity contribution in [2.75, 3.05) is 13.7 Å². The van der Waals surface area contributed by atoms with Gasteiger partial charge in [-0.05, 0) is 31.5 Å². The van der Waals surface area contributed by atoms with E-state index in [1.54, 1.807) is 13.2 Å². The van der Waals surface area contributed by atoms with Gasteiger partial charge in [-0.25, -0.2) is 4.79 Å². The molecule has 0 saturated carbocycles. The molecule has 0 saturated heterocycles. The first-order valence-corrected chi connectivity index (χ1v) is 5.51. The molecule has 0 aliphatic heterocycles. The van der Waals surface area contributed by atoms with Gasteiger partial charge in [-0.3, -0.25) is 0 Å². The molecule has 2 rings (SSSR count). The summed E-state index contributed by atoms with van der Waals surface area (Å²) in [6, 6.07) is 5.52. The summed E-state index contributed by atoms with van der Waals surface area (Å²) in [6.45, 7) is 0.599. The first-order valence-electron chi connectivity index (χ1n) is 5.51. The van der Waals surface area contributed by atoms with Crippen molar-refractivity contribution >= 4 is 10.9 Å². The number of fused-ring (bicyclic) bond motifs is 1. The van der Waals surface area contributed by atoms with Gasteiger partial charge in [0.05, 0.1) is 12.6 Å². The van der Waals surface area contributed by atoms with Crippen molar-refractivity contribution in [3.63, 3.8) is 0 Å². The highest BCUT2D eigenvalue weighted by molar-refractivity contribution is 5.82. The lowest BCUT2D eigenvalue weighted by molar-refractivity contribution is 0.415. The van der Waals surface area contributed by atoms with E-state index < -0.39 is 0 Å². The summed E-state index contributed by atoms with van der Waals surface area (Å²) in [5.74, 6) is 0.695. The zero-order valence-corrected chi connectivity index (χ0v) is 9.69. The molecule has 90 valence electrons. The van der Waals surface area contributed by atoms with Crippen molar-refractivity contribution < 1.29 is 4.74 Å². The van der Waals surface area contributed by atoms with Gasteiger partial charge < -0.3 is 15.5 Å². The van der Waals surface area contributed by atoms with Crippen LogP contribution >= 0.6 is 0 Å². The van der Waals surface area contributed by atoms with E-state index in [1.165, 1.54) is 0 Å². The van der Waals surface area contributed by atoms with Crippen LogP contribution in [0.5, 0.6) is 5.75 Å². The summed E-state index contributed by atoms with van der Waals surface area (Å²) in [6.07, 6.45) is 1.58. The molecule has 0 radical (unpaired) electrons. The van der Waals surface area contributed by atoms with Crippen LogP contribution in [-0.4, -0.2) is 23.6 Å². The number of aryl methyl sites for hydroxylation is 1. The van der Waals surface area contributed by atoms with Gasteiger partial charge >= 0.3 is 5.69 Å². The van der Waals surface area contributed by atoms with Crippen LogP contribution in [0.3, 0.4) is 0 Å². The zero-order chi connectivity index (χ0) is 12.3. The maximum atomic E-state index is 11.4. The van der Waals surface area contributed by atoms with E-state index in [0.29, 0.717) is 17.8 Å². The lowest BCUT2D eigenvalue weighted by Gasteiger charge is -2.06. The maximum absolute atomic E-state index is 11.4. The fraction of sp³-hybridized carbons (Fsp3) is 0.333. The Hall–Kier alpha value is -1.88. The standard InChI is InChI=1S/C12H15N3O2/c1-17-8-4-5-9-10(3-2-6-13)14-12(16)15-11(9)7-8/h4-5,7H,2-3,6,13H2,1H3,(H,14,15,16). The van der Waals surface area contributed by atoms with Gasteiger partial charge in [0.2, 0.25) is 0 Å². The Morgan fingerprint density at radius 1 is 1.47 bits per heavy atom. The number of aromatic amines is 1. The third-order valence-corrected chi connectivity index (χ3v) is 2.64. The van der Waals surface area contributed by atoms with Crippen LogP contribution in [0.2, 0.25) is 0 Å². The van der Waals surface area contributed by atoms with Crippen LogP contribution in [0, 0.1) is 0 Å². The maximum Gasteiger partial charge on any atom is 0.345 e. The summed E-state index contributed by atoms with van der Waals surface area (Å²) < 4.78 is 5.11. The fourth-order valence-electron chi connectivity index (χ4n) is 1.80. The van der Waals surface area contributed by atoms with E-state index in [2.05, 4.69) is 9.97 Å². The Morgan fingerprint density at radius 3 is 3.00 bits per heavy atom. The molecule has 0 amide bonds. The molecule has 5 nitrogen and oxygen atoms in total. The van der Waals surface area contributed by atoms with Gasteiger partial charge in [-0.15, -0.1) is 0 Å². The fourth-order valence-corrected chi connectivity index (χ4v) is 1.80. The van der Waals surface area contributed by atoms with Crippen LogP contribution in [0.1, 0.15) is 12.1 Å². The predicted molar refractivity (Wildman–Crippen MR) is 66.3 cm³/mol. The third-order valence-electron chi connectivity index (χ3n) is 2.64. The molecule has 1 heterocycles. The molecule has 0 bridgehead atoms. The van der Waals surface area contributed by atoms with Crippen LogP contribution in [0.4, 0.5) is 0 Å². The SMILES string of the molecule is COc1ccc2c(CCCN)[nH]c(=O)nc2c1. The molecular formula is C12H15N3O2. The summed E-state index contributed by atoms with van der Waals surface area (Å²) in [5, 5.41) is 0.943. The molecule has 0 spiro atoms. The van der Waals surface area contributed by atoms with E-state index >= 15 is 0 Å². The first kappa shape index (κ1) is 11.6. The molecule has 1 aromatic heterocycles. The lowest BCUT2D eigenvalue weighted by atomic mass is 10.1. The summed E-state index contributed by atoms with van der Waals surface area (Å²) in [5.41, 5.74) is 6.68. The quantitative estimate of drug-likeness (QED) is 0.819. The number of nitrogens with one attached hydrogen (secondary N) is 1. The van der Waals surface area contributed by atoms with E-state index in [0.717, 1.165) is 23.9 Å². The normalized spacial score (nSPS) is 10.7. The molecule has 5 heteroatoms. The minimum Gasteiger partial charge on any atom is -0.497 e. The number of hydrogen-bond donors (Lipinski definition) is 2. The highest BCUT2D eigenvalue weighted by Crippen LogP contribution is 2.20. The number of aromatic nitrogens is 2. The highest BCUT2D eigenvalue weighted by atomic mass is 16.5. The average molecular weight is 233 g/mol. The third kappa shape index (κ3) is 2.45. The molecule has 0 atom stereocenters.